The fourth-order valence-corrected chi connectivity index (χ4v) is 4.61. The van der Waals surface area contributed by atoms with Gasteiger partial charge in [0.25, 0.3) is 5.56 Å². The van der Waals surface area contributed by atoms with E-state index >= 15 is 0 Å². The van der Waals surface area contributed by atoms with E-state index in [0.717, 1.165) is 40.8 Å². The van der Waals surface area contributed by atoms with Gasteiger partial charge in [-0.2, -0.15) is 0 Å². The smallest absolute Gasteiger partial charge is 0.271 e. The Morgan fingerprint density at radius 3 is 2.86 bits per heavy atom. The van der Waals surface area contributed by atoms with Crippen LogP contribution in [0.5, 0.6) is 0 Å². The van der Waals surface area contributed by atoms with E-state index in [2.05, 4.69) is 23.7 Å². The topological polar surface area (TPSA) is 47.4 Å². The highest BCUT2D eigenvalue weighted by atomic mass is 32.2. The predicted molar refractivity (Wildman–Crippen MR) is 92.0 cm³/mol. The Morgan fingerprint density at radius 1 is 1.41 bits per heavy atom. The molecule has 0 aromatic carbocycles. The van der Waals surface area contributed by atoms with Gasteiger partial charge in [0, 0.05) is 32.4 Å². The molecule has 2 atom stereocenters. The van der Waals surface area contributed by atoms with Crippen molar-refractivity contribution in [2.24, 2.45) is 7.05 Å². The molecule has 22 heavy (non-hydrogen) atoms. The average Bonchev–Trinajstić information content (AvgIpc) is 2.91. The lowest BCUT2D eigenvalue weighted by atomic mass is 10.2. The minimum absolute atomic E-state index is 0.0520. The van der Waals surface area contributed by atoms with Crippen LogP contribution in [-0.2, 0) is 11.8 Å². The predicted octanol–water partition coefficient (Wildman–Crippen LogP) is 2.20. The van der Waals surface area contributed by atoms with Crippen LogP contribution in [0.25, 0.3) is 10.2 Å². The van der Waals surface area contributed by atoms with Gasteiger partial charge in [-0.1, -0.05) is 11.8 Å². The lowest BCUT2D eigenvalue weighted by molar-refractivity contribution is -0.0661. The lowest BCUT2D eigenvalue weighted by Gasteiger charge is -2.35. The second-order valence-corrected chi connectivity index (χ2v) is 7.74. The number of nitrogens with zero attached hydrogens (tertiary/aromatic N) is 3. The highest BCUT2D eigenvalue weighted by Gasteiger charge is 2.21. The van der Waals surface area contributed by atoms with Crippen molar-refractivity contribution < 1.29 is 4.74 Å². The molecule has 1 aliphatic rings. The fourth-order valence-electron chi connectivity index (χ4n) is 2.83. The second-order valence-electron chi connectivity index (χ2n) is 5.76. The monoisotopic (exact) mass is 339 g/mol. The van der Waals surface area contributed by atoms with E-state index in [9.17, 15) is 4.79 Å². The molecular weight excluding hydrogens is 318 g/mol. The molecule has 3 heterocycles. The molecule has 1 fully saturated rings. The Bertz CT molecular complexity index is 702. The Labute approximate surface area is 138 Å². The molecule has 7 heteroatoms. The van der Waals surface area contributed by atoms with E-state index in [0.29, 0.717) is 12.2 Å². The number of fused-ring (bicyclic) bond motifs is 1. The molecule has 0 N–H and O–H groups in total. The third-order valence-electron chi connectivity index (χ3n) is 3.78. The molecule has 0 amide bonds. The van der Waals surface area contributed by atoms with Crippen molar-refractivity contribution in [3.05, 3.63) is 21.8 Å². The summed E-state index contributed by atoms with van der Waals surface area (Å²) >= 11 is 3.11. The number of thioether (sulfide) groups is 1. The first-order valence-corrected chi connectivity index (χ1v) is 9.36. The Kier molecular flexibility index (Phi) is 4.87. The summed E-state index contributed by atoms with van der Waals surface area (Å²) in [7, 11) is 1.80. The van der Waals surface area contributed by atoms with E-state index in [1.807, 2.05) is 11.4 Å². The average molecular weight is 339 g/mol. The van der Waals surface area contributed by atoms with Crippen molar-refractivity contribution in [1.29, 1.82) is 0 Å². The van der Waals surface area contributed by atoms with Crippen molar-refractivity contribution in [1.82, 2.24) is 14.5 Å². The van der Waals surface area contributed by atoms with E-state index in [1.54, 1.807) is 23.4 Å². The van der Waals surface area contributed by atoms with Crippen LogP contribution >= 0.6 is 23.1 Å². The number of rotatable bonds is 4. The molecule has 0 unspecified atom stereocenters. The summed E-state index contributed by atoms with van der Waals surface area (Å²) in [6.45, 7) is 7.17. The van der Waals surface area contributed by atoms with Gasteiger partial charge < -0.3 is 4.74 Å². The summed E-state index contributed by atoms with van der Waals surface area (Å²) in [4.78, 5) is 19.3. The number of hydrogen-bond donors (Lipinski definition) is 0. The van der Waals surface area contributed by atoms with Crippen LogP contribution in [0.3, 0.4) is 0 Å². The molecule has 120 valence electrons. The lowest BCUT2D eigenvalue weighted by Crippen LogP contribution is -2.46. The summed E-state index contributed by atoms with van der Waals surface area (Å²) in [5.41, 5.74) is 0.861. The first-order valence-electron chi connectivity index (χ1n) is 7.49. The summed E-state index contributed by atoms with van der Waals surface area (Å²) < 4.78 is 8.15. The Morgan fingerprint density at radius 2 is 2.14 bits per heavy atom. The highest BCUT2D eigenvalue weighted by molar-refractivity contribution is 7.99. The van der Waals surface area contributed by atoms with Crippen LogP contribution < -0.4 is 5.56 Å². The maximum absolute atomic E-state index is 12.3. The summed E-state index contributed by atoms with van der Waals surface area (Å²) in [6, 6.07) is 1.91. The van der Waals surface area contributed by atoms with Gasteiger partial charge in [-0.15, -0.1) is 11.3 Å². The standard InChI is InChI=1S/C15H21N3O2S2/c1-10-8-18(9-11(2)20-10)5-7-22-15-16-12-4-6-21-13(12)14(19)17(15)3/h4,6,10-11H,5,7-9H2,1-3H3/t10-,11-/m0/s1. The first-order chi connectivity index (χ1) is 10.5. The molecule has 2 aromatic heterocycles. The largest absolute Gasteiger partial charge is 0.373 e. The first kappa shape index (κ1) is 16.0. The number of aromatic nitrogens is 2. The normalized spacial score (nSPS) is 23.2. The molecule has 1 saturated heterocycles. The van der Waals surface area contributed by atoms with Crippen molar-refractivity contribution in [3.63, 3.8) is 0 Å². The van der Waals surface area contributed by atoms with Crippen LogP contribution in [0.15, 0.2) is 21.4 Å². The zero-order valence-electron chi connectivity index (χ0n) is 13.1. The second kappa shape index (κ2) is 6.70. The maximum atomic E-state index is 12.3. The molecule has 0 saturated carbocycles. The SMILES string of the molecule is C[C@H]1CN(CCSc2nc3ccsc3c(=O)n2C)C[C@H](C)O1. The van der Waals surface area contributed by atoms with Gasteiger partial charge in [0.05, 0.1) is 17.7 Å². The van der Waals surface area contributed by atoms with Gasteiger partial charge in [-0.3, -0.25) is 14.3 Å². The zero-order valence-corrected chi connectivity index (χ0v) is 14.7. The van der Waals surface area contributed by atoms with Gasteiger partial charge >= 0.3 is 0 Å². The van der Waals surface area contributed by atoms with Gasteiger partial charge in [-0.25, -0.2) is 4.98 Å². The highest BCUT2D eigenvalue weighted by Crippen LogP contribution is 2.20. The van der Waals surface area contributed by atoms with Crippen molar-refractivity contribution in [2.75, 3.05) is 25.4 Å². The van der Waals surface area contributed by atoms with Crippen LogP contribution in [0.2, 0.25) is 0 Å². The number of ether oxygens (including phenoxy) is 1. The third-order valence-corrected chi connectivity index (χ3v) is 5.68. The summed E-state index contributed by atoms with van der Waals surface area (Å²) in [5, 5.41) is 2.72. The molecule has 0 spiro atoms. The number of hydrogen-bond acceptors (Lipinski definition) is 6. The minimum Gasteiger partial charge on any atom is -0.373 e. The van der Waals surface area contributed by atoms with Gasteiger partial charge in [0.15, 0.2) is 5.16 Å². The molecule has 0 aliphatic carbocycles. The molecule has 3 rings (SSSR count). The Hall–Kier alpha value is -0.890. The zero-order chi connectivity index (χ0) is 15.7. The summed E-state index contributed by atoms with van der Waals surface area (Å²) in [5.74, 6) is 0.926. The molecular formula is C15H21N3O2S2. The molecule has 0 radical (unpaired) electrons. The van der Waals surface area contributed by atoms with E-state index in [-0.39, 0.29) is 5.56 Å². The maximum Gasteiger partial charge on any atom is 0.271 e. The Balaban J connectivity index is 1.64. The van der Waals surface area contributed by atoms with Crippen LogP contribution in [-0.4, -0.2) is 52.0 Å². The van der Waals surface area contributed by atoms with Gasteiger partial charge in [0.1, 0.15) is 4.70 Å². The number of thiophene rings is 1. The minimum atomic E-state index is 0.0520. The quantitative estimate of drug-likeness (QED) is 0.631. The molecule has 1 aliphatic heterocycles. The van der Waals surface area contributed by atoms with E-state index in [4.69, 9.17) is 4.74 Å². The number of morpholine rings is 1. The molecule has 0 bridgehead atoms. The van der Waals surface area contributed by atoms with Crippen LogP contribution in [0, 0.1) is 0 Å². The summed E-state index contributed by atoms with van der Waals surface area (Å²) in [6.07, 6.45) is 0.580. The van der Waals surface area contributed by atoms with Gasteiger partial charge in [0.2, 0.25) is 0 Å². The van der Waals surface area contributed by atoms with E-state index in [1.165, 1.54) is 11.3 Å². The third kappa shape index (κ3) is 3.37. The van der Waals surface area contributed by atoms with Crippen molar-refractivity contribution in [3.8, 4) is 0 Å². The molecule has 2 aromatic rings. The van der Waals surface area contributed by atoms with Crippen molar-refractivity contribution in [2.45, 2.75) is 31.2 Å². The van der Waals surface area contributed by atoms with Gasteiger partial charge in [-0.05, 0) is 25.3 Å². The van der Waals surface area contributed by atoms with Crippen LogP contribution in [0.4, 0.5) is 0 Å². The fraction of sp³-hybridized carbons (Fsp3) is 0.600. The molecule has 5 nitrogen and oxygen atoms in total. The van der Waals surface area contributed by atoms with Crippen molar-refractivity contribution >= 4 is 33.3 Å². The van der Waals surface area contributed by atoms with Crippen LogP contribution in [0.1, 0.15) is 13.8 Å². The van der Waals surface area contributed by atoms with E-state index < -0.39 is 0 Å².